The molecule has 0 saturated heterocycles. The van der Waals surface area contributed by atoms with Gasteiger partial charge in [-0.15, -0.1) is 0 Å². The van der Waals surface area contributed by atoms with E-state index < -0.39 is 47.3 Å². The van der Waals surface area contributed by atoms with Crippen molar-refractivity contribution in [3.8, 4) is 11.1 Å². The van der Waals surface area contributed by atoms with Crippen molar-refractivity contribution in [3.63, 3.8) is 0 Å². The zero-order valence-corrected chi connectivity index (χ0v) is 27.4. The van der Waals surface area contributed by atoms with Crippen LogP contribution in [0.5, 0.6) is 0 Å². The first-order valence-corrected chi connectivity index (χ1v) is 15.3. The minimum atomic E-state index is -1.07. The van der Waals surface area contributed by atoms with E-state index in [1.165, 1.54) is 7.11 Å². The molecule has 0 aromatic heterocycles. The molecule has 2 aromatic rings. The fourth-order valence-corrected chi connectivity index (χ4v) is 4.95. The van der Waals surface area contributed by atoms with E-state index >= 15 is 0 Å². The SMILES string of the molecule is COC(=O)[C@H](COC(C)(C)C)NC(=O)[C@H](CCCCNC(=O)OCC1c2ccccc2-c2ccccc21)NC(=O)OC(C)(C)C. The summed E-state index contributed by atoms with van der Waals surface area (Å²) in [6.45, 7) is 11.0. The van der Waals surface area contributed by atoms with Crippen molar-refractivity contribution in [1.82, 2.24) is 16.0 Å². The molecule has 0 heterocycles. The third-order valence-corrected chi connectivity index (χ3v) is 7.03. The van der Waals surface area contributed by atoms with Gasteiger partial charge in [0.1, 0.15) is 18.2 Å². The number of alkyl carbamates (subject to hydrolysis) is 2. The van der Waals surface area contributed by atoms with Crippen LogP contribution in [0, 0.1) is 0 Å². The van der Waals surface area contributed by atoms with Gasteiger partial charge < -0.3 is 34.9 Å². The predicted octanol–water partition coefficient (Wildman–Crippen LogP) is 5.06. The topological polar surface area (TPSA) is 141 Å². The quantitative estimate of drug-likeness (QED) is 0.159. The number of hydrogen-bond acceptors (Lipinski definition) is 8. The van der Waals surface area contributed by atoms with E-state index in [9.17, 15) is 19.2 Å². The molecule has 0 spiro atoms. The smallest absolute Gasteiger partial charge is 0.408 e. The lowest BCUT2D eigenvalue weighted by atomic mass is 9.98. The predicted molar refractivity (Wildman–Crippen MR) is 170 cm³/mol. The first-order valence-electron chi connectivity index (χ1n) is 15.3. The molecule has 3 N–H and O–H groups in total. The van der Waals surface area contributed by atoms with Crippen LogP contribution in [-0.4, -0.2) is 74.2 Å². The Morgan fingerprint density at radius 2 is 1.38 bits per heavy atom. The summed E-state index contributed by atoms with van der Waals surface area (Å²) in [6, 6.07) is 14.2. The van der Waals surface area contributed by atoms with Crippen molar-refractivity contribution < 1.29 is 38.1 Å². The second-order valence-electron chi connectivity index (χ2n) is 13.0. The molecule has 0 bridgehead atoms. The molecule has 0 aliphatic heterocycles. The Hall–Kier alpha value is -4.12. The fourth-order valence-electron chi connectivity index (χ4n) is 4.95. The van der Waals surface area contributed by atoms with Crippen LogP contribution < -0.4 is 16.0 Å². The van der Waals surface area contributed by atoms with Crippen molar-refractivity contribution in [3.05, 3.63) is 59.7 Å². The van der Waals surface area contributed by atoms with Crippen LogP contribution in [0.4, 0.5) is 9.59 Å². The number of carbonyl (C=O) groups is 4. The van der Waals surface area contributed by atoms with Crippen molar-refractivity contribution in [2.75, 3.05) is 26.9 Å². The van der Waals surface area contributed by atoms with Gasteiger partial charge in [-0.1, -0.05) is 48.5 Å². The Morgan fingerprint density at radius 3 is 1.93 bits per heavy atom. The van der Waals surface area contributed by atoms with Crippen LogP contribution in [0.2, 0.25) is 0 Å². The highest BCUT2D eigenvalue weighted by Gasteiger charge is 2.31. The van der Waals surface area contributed by atoms with Crippen LogP contribution in [0.1, 0.15) is 77.8 Å². The molecule has 0 radical (unpaired) electrons. The van der Waals surface area contributed by atoms with Crippen molar-refractivity contribution in [1.29, 1.82) is 0 Å². The Morgan fingerprint density at radius 1 is 0.778 bits per heavy atom. The molecule has 246 valence electrons. The van der Waals surface area contributed by atoms with Gasteiger partial charge in [0, 0.05) is 12.5 Å². The summed E-state index contributed by atoms with van der Waals surface area (Å²) < 4.78 is 21.4. The second kappa shape index (κ2) is 15.7. The number of amides is 3. The van der Waals surface area contributed by atoms with Gasteiger partial charge >= 0.3 is 18.2 Å². The Labute approximate surface area is 265 Å². The second-order valence-corrected chi connectivity index (χ2v) is 13.0. The number of benzene rings is 2. The van der Waals surface area contributed by atoms with Gasteiger partial charge in [0.25, 0.3) is 0 Å². The highest BCUT2D eigenvalue weighted by atomic mass is 16.6. The van der Waals surface area contributed by atoms with E-state index in [2.05, 4.69) is 40.2 Å². The maximum absolute atomic E-state index is 13.2. The van der Waals surface area contributed by atoms with E-state index in [-0.39, 0.29) is 25.6 Å². The zero-order valence-electron chi connectivity index (χ0n) is 27.4. The van der Waals surface area contributed by atoms with Gasteiger partial charge in [0.05, 0.1) is 19.3 Å². The molecule has 0 fully saturated rings. The molecule has 1 aliphatic carbocycles. The minimum Gasteiger partial charge on any atom is -0.467 e. The van der Waals surface area contributed by atoms with Gasteiger partial charge in [0.2, 0.25) is 5.91 Å². The Kier molecular flexibility index (Phi) is 12.4. The molecule has 2 aromatic carbocycles. The monoisotopic (exact) mass is 625 g/mol. The Balaban J connectivity index is 1.52. The maximum Gasteiger partial charge on any atom is 0.408 e. The van der Waals surface area contributed by atoms with Crippen molar-refractivity contribution in [2.24, 2.45) is 0 Å². The molecule has 3 amide bonds. The summed E-state index contributed by atoms with van der Waals surface area (Å²) in [4.78, 5) is 50.6. The van der Waals surface area contributed by atoms with Crippen LogP contribution in [0.25, 0.3) is 11.1 Å². The van der Waals surface area contributed by atoms with Crippen LogP contribution >= 0.6 is 0 Å². The average Bonchev–Trinajstić information content (AvgIpc) is 3.29. The van der Waals surface area contributed by atoms with E-state index in [1.807, 2.05) is 45.0 Å². The largest absolute Gasteiger partial charge is 0.467 e. The maximum atomic E-state index is 13.2. The van der Waals surface area contributed by atoms with E-state index in [1.54, 1.807) is 20.8 Å². The van der Waals surface area contributed by atoms with Crippen molar-refractivity contribution >= 4 is 24.1 Å². The van der Waals surface area contributed by atoms with Gasteiger partial charge in [-0.05, 0) is 83.1 Å². The molecule has 11 heteroatoms. The zero-order chi connectivity index (χ0) is 33.2. The highest BCUT2D eigenvalue weighted by Crippen LogP contribution is 2.44. The van der Waals surface area contributed by atoms with E-state index in [0.29, 0.717) is 19.4 Å². The van der Waals surface area contributed by atoms with Crippen LogP contribution in [-0.2, 0) is 28.5 Å². The number of fused-ring (bicyclic) bond motifs is 3. The lowest BCUT2D eigenvalue weighted by Crippen LogP contribution is -2.54. The molecule has 3 rings (SSSR count). The molecule has 0 saturated carbocycles. The molecule has 11 nitrogen and oxygen atoms in total. The number of nitrogens with one attached hydrogen (secondary N) is 3. The third kappa shape index (κ3) is 11.1. The number of unbranched alkanes of at least 4 members (excludes halogenated alkanes) is 1. The fraction of sp³-hybridized carbons (Fsp3) is 0.529. The number of ether oxygens (including phenoxy) is 4. The summed E-state index contributed by atoms with van der Waals surface area (Å²) in [5.41, 5.74) is 3.25. The average molecular weight is 626 g/mol. The summed E-state index contributed by atoms with van der Waals surface area (Å²) >= 11 is 0. The summed E-state index contributed by atoms with van der Waals surface area (Å²) in [5.74, 6) is -1.29. The van der Waals surface area contributed by atoms with Gasteiger partial charge in [0.15, 0.2) is 6.04 Å². The number of rotatable bonds is 13. The number of carbonyl (C=O) groups excluding carboxylic acids is 4. The number of hydrogen-bond donors (Lipinski definition) is 3. The normalized spacial score (nSPS) is 13.9. The summed E-state index contributed by atoms with van der Waals surface area (Å²) in [6.07, 6.45) is -0.0835. The molecule has 2 atom stereocenters. The van der Waals surface area contributed by atoms with E-state index in [0.717, 1.165) is 22.3 Å². The molecular weight excluding hydrogens is 578 g/mol. The first kappa shape index (κ1) is 35.4. The van der Waals surface area contributed by atoms with E-state index in [4.69, 9.17) is 18.9 Å². The number of esters is 1. The van der Waals surface area contributed by atoms with Crippen molar-refractivity contribution in [2.45, 2.75) is 90.0 Å². The Bertz CT molecular complexity index is 1290. The van der Waals surface area contributed by atoms with Crippen LogP contribution in [0.15, 0.2) is 48.5 Å². The van der Waals surface area contributed by atoms with Gasteiger partial charge in [-0.3, -0.25) is 4.79 Å². The molecule has 1 aliphatic rings. The lowest BCUT2D eigenvalue weighted by molar-refractivity contribution is -0.148. The van der Waals surface area contributed by atoms with Crippen LogP contribution in [0.3, 0.4) is 0 Å². The molecule has 45 heavy (non-hydrogen) atoms. The van der Waals surface area contributed by atoms with Gasteiger partial charge in [-0.2, -0.15) is 0 Å². The summed E-state index contributed by atoms with van der Waals surface area (Å²) in [7, 11) is 1.22. The standard InChI is InChI=1S/C34H47N3O8/c1-33(2,3)44-21-28(30(39)42-7)36-29(38)27(37-32(41)45-34(4,5)6)18-12-13-19-35-31(40)43-20-26-24-16-10-8-14-22(24)23-15-9-11-17-25(23)26/h8-11,14-17,26-28H,12-13,18-21H2,1-7H3,(H,35,40)(H,36,38)(H,37,41)/t27-,28-/m0/s1. The first-order chi connectivity index (χ1) is 21.2. The minimum absolute atomic E-state index is 0.0380. The number of methoxy groups -OCH3 is 1. The molecular formula is C34H47N3O8. The lowest BCUT2D eigenvalue weighted by Gasteiger charge is -2.26. The summed E-state index contributed by atoms with van der Waals surface area (Å²) in [5, 5.41) is 7.99. The highest BCUT2D eigenvalue weighted by molar-refractivity contribution is 5.89. The van der Waals surface area contributed by atoms with Gasteiger partial charge in [-0.25, -0.2) is 14.4 Å². The third-order valence-electron chi connectivity index (χ3n) is 7.03. The molecule has 0 unspecified atom stereocenters.